The number of aromatic amines is 1. The first-order chi connectivity index (χ1) is 30.7. The lowest BCUT2D eigenvalue weighted by molar-refractivity contribution is -0.140. The number of carbonyl (C=O) groups excluding carboxylic acids is 2. The van der Waals surface area contributed by atoms with Crippen LogP contribution in [-0.2, 0) is 19.1 Å². The number of benzene rings is 4. The topological polar surface area (TPSA) is 138 Å². The van der Waals surface area contributed by atoms with Gasteiger partial charge in [0.05, 0.1) is 64.7 Å². The summed E-state index contributed by atoms with van der Waals surface area (Å²) in [5.74, 6) is 0.997. The SMILES string of the molecule is CCOC(=O)CSc1nc2ccccc2s1.O=C(CSc1nc2ccccc2s1)N1CCCC2CCCCC21.O=C(O)CSc1nc2ccccc2s1.S=c1[nH]c2ccccc2s1. The molecule has 2 fully saturated rings. The molecule has 1 saturated carbocycles. The van der Waals surface area contributed by atoms with Crippen molar-refractivity contribution in [3.05, 3.63) is 101 Å². The predicted molar refractivity (Wildman–Crippen MR) is 269 cm³/mol. The van der Waals surface area contributed by atoms with E-state index >= 15 is 0 Å². The van der Waals surface area contributed by atoms with Gasteiger partial charge < -0.3 is 19.7 Å². The van der Waals surface area contributed by atoms with E-state index in [2.05, 4.69) is 37.0 Å². The summed E-state index contributed by atoms with van der Waals surface area (Å²) in [6.45, 7) is 3.19. The zero-order valence-corrected chi connectivity index (χ0v) is 40.8. The van der Waals surface area contributed by atoms with Crippen LogP contribution in [0.2, 0.25) is 0 Å². The summed E-state index contributed by atoms with van der Waals surface area (Å²) in [5, 5.41) is 8.51. The number of thioether (sulfide) groups is 3. The number of fused-ring (bicyclic) bond motifs is 5. The minimum absolute atomic E-state index is 0.0693. The zero-order valence-electron chi connectivity index (χ0n) is 34.3. The Morgan fingerprint density at radius 3 is 1.71 bits per heavy atom. The number of thiazole rings is 4. The summed E-state index contributed by atoms with van der Waals surface area (Å²) in [7, 11) is 0. The van der Waals surface area contributed by atoms with E-state index in [9.17, 15) is 14.4 Å². The second-order valence-electron chi connectivity index (χ2n) is 14.3. The van der Waals surface area contributed by atoms with Gasteiger partial charge in [-0.2, -0.15) is 0 Å². The van der Waals surface area contributed by atoms with E-state index in [-0.39, 0.29) is 11.7 Å². The first-order valence-corrected chi connectivity index (χ1v) is 27.1. The minimum atomic E-state index is -0.811. The van der Waals surface area contributed by atoms with Crippen LogP contribution in [0.25, 0.3) is 40.9 Å². The monoisotopic (exact) mass is 991 g/mol. The number of carboxylic acid groups (broad SMARTS) is 1. The van der Waals surface area contributed by atoms with Crippen LogP contribution < -0.4 is 0 Å². The molecule has 4 aromatic heterocycles. The maximum absolute atomic E-state index is 12.7. The molecule has 18 heteroatoms. The number of H-pyrrole nitrogens is 1. The molecule has 328 valence electrons. The molecule has 0 bridgehead atoms. The van der Waals surface area contributed by atoms with Gasteiger partial charge in [0.2, 0.25) is 5.91 Å². The summed E-state index contributed by atoms with van der Waals surface area (Å²) < 4.78 is 13.1. The average Bonchev–Trinajstić information content (AvgIpc) is 4.11. The number of hydrogen-bond donors (Lipinski definition) is 2. The molecule has 1 amide bonds. The number of para-hydroxylation sites is 4. The minimum Gasteiger partial charge on any atom is -0.481 e. The van der Waals surface area contributed by atoms with E-state index in [0.29, 0.717) is 30.1 Å². The lowest BCUT2D eigenvalue weighted by Gasteiger charge is -2.44. The van der Waals surface area contributed by atoms with Crippen LogP contribution in [0.4, 0.5) is 0 Å². The van der Waals surface area contributed by atoms with E-state index in [1.807, 2.05) is 84.9 Å². The lowest BCUT2D eigenvalue weighted by atomic mass is 9.78. The van der Waals surface area contributed by atoms with Crippen molar-refractivity contribution in [3.8, 4) is 0 Å². The first-order valence-electron chi connectivity index (χ1n) is 20.4. The van der Waals surface area contributed by atoms with Gasteiger partial charge in [-0.25, -0.2) is 15.0 Å². The third kappa shape index (κ3) is 13.8. The van der Waals surface area contributed by atoms with Gasteiger partial charge in [0, 0.05) is 12.6 Å². The summed E-state index contributed by atoms with van der Waals surface area (Å²) in [6.07, 6.45) is 7.67. The summed E-state index contributed by atoms with van der Waals surface area (Å²) in [6, 6.07) is 32.5. The fourth-order valence-corrected chi connectivity index (χ4v) is 13.9. The normalized spacial score (nSPS) is 15.7. The number of nitrogens with zero attached hydrogens (tertiary/aromatic N) is 4. The van der Waals surface area contributed by atoms with E-state index in [0.717, 1.165) is 60.9 Å². The van der Waals surface area contributed by atoms with Crippen molar-refractivity contribution in [2.45, 2.75) is 64.5 Å². The highest BCUT2D eigenvalue weighted by Gasteiger charge is 2.35. The summed E-state index contributed by atoms with van der Waals surface area (Å²) in [5.41, 5.74) is 4.10. The molecule has 2 aliphatic rings. The van der Waals surface area contributed by atoms with Crippen molar-refractivity contribution in [2.24, 2.45) is 5.92 Å². The predicted octanol–water partition coefficient (Wildman–Crippen LogP) is 13.0. The van der Waals surface area contributed by atoms with Crippen molar-refractivity contribution in [2.75, 3.05) is 30.4 Å². The zero-order chi connectivity index (χ0) is 44.0. The summed E-state index contributed by atoms with van der Waals surface area (Å²) >= 11 is 15.7. The molecule has 1 aliphatic heterocycles. The van der Waals surface area contributed by atoms with E-state index in [4.69, 9.17) is 22.1 Å². The molecule has 10 rings (SSSR count). The molecule has 8 aromatic rings. The molecule has 5 heterocycles. The molecule has 2 unspecified atom stereocenters. The van der Waals surface area contributed by atoms with Gasteiger partial charge in [0.25, 0.3) is 0 Å². The Hall–Kier alpha value is -3.88. The van der Waals surface area contributed by atoms with Crippen LogP contribution in [0.5, 0.6) is 0 Å². The third-order valence-corrected chi connectivity index (χ3v) is 17.7. The Bertz CT molecular complexity index is 2680. The number of carbonyl (C=O) groups is 3. The first kappa shape index (κ1) is 47.1. The highest BCUT2D eigenvalue weighted by Crippen LogP contribution is 2.37. The van der Waals surface area contributed by atoms with Crippen molar-refractivity contribution in [3.63, 3.8) is 0 Å². The van der Waals surface area contributed by atoms with Gasteiger partial charge in [-0.15, -0.1) is 45.3 Å². The Morgan fingerprint density at radius 2 is 1.17 bits per heavy atom. The van der Waals surface area contributed by atoms with Crippen molar-refractivity contribution in [1.82, 2.24) is 24.8 Å². The fraction of sp³-hybridized carbons (Fsp3) is 0.311. The highest BCUT2D eigenvalue weighted by atomic mass is 32.2. The quantitative estimate of drug-likeness (QED) is 0.0766. The maximum atomic E-state index is 12.7. The van der Waals surface area contributed by atoms with Crippen molar-refractivity contribution in [1.29, 1.82) is 0 Å². The second-order valence-corrected chi connectivity index (χ2v) is 22.7. The van der Waals surface area contributed by atoms with Crippen LogP contribution >= 0.6 is 92.9 Å². The van der Waals surface area contributed by atoms with Gasteiger partial charge in [0.15, 0.2) is 17.0 Å². The van der Waals surface area contributed by atoms with E-state index in [1.54, 1.807) is 52.7 Å². The standard InChI is InChI=1S/C18H22N2OS2.C11H11NO2S2.C9H7NO2S2.C7H5NS2/c21-17(20-11-5-7-13-6-1-3-9-15(13)20)12-22-18-19-14-8-2-4-10-16(14)23-18;1-2-14-10(13)7-15-11-12-8-5-3-4-6-9(8)16-11;11-8(12)5-13-9-10-6-3-1-2-4-7(6)14-9;9-7-8-5-3-1-2-4-6(5)10-7/h2,4,8,10,13,15H,1,3,5-7,9,11-12H2;3-6H,2,7H2,1H3;1-4H,5H2,(H,11,12);1-4H,(H,8,9). The van der Waals surface area contributed by atoms with Gasteiger partial charge in [-0.3, -0.25) is 14.4 Å². The van der Waals surface area contributed by atoms with Crippen LogP contribution in [0.15, 0.2) is 110 Å². The molecular formula is C45H45N5O5S8. The lowest BCUT2D eigenvalue weighted by Crippen LogP contribution is -2.50. The largest absolute Gasteiger partial charge is 0.481 e. The van der Waals surface area contributed by atoms with Crippen molar-refractivity contribution < 1.29 is 24.2 Å². The van der Waals surface area contributed by atoms with Gasteiger partial charge >= 0.3 is 11.9 Å². The highest BCUT2D eigenvalue weighted by molar-refractivity contribution is 8.02. The molecule has 63 heavy (non-hydrogen) atoms. The molecule has 10 nitrogen and oxygen atoms in total. The number of nitrogens with one attached hydrogen (secondary N) is 1. The number of likely N-dealkylation sites (tertiary alicyclic amines) is 1. The average molecular weight is 992 g/mol. The van der Waals surface area contributed by atoms with Crippen LogP contribution in [0, 0.1) is 9.87 Å². The number of aliphatic carboxylic acids is 1. The Morgan fingerprint density at radius 1 is 0.683 bits per heavy atom. The molecule has 2 N–H and O–H groups in total. The second kappa shape index (κ2) is 23.9. The number of ether oxygens (including phenoxy) is 1. The number of hydrogen-bond acceptors (Lipinski definition) is 15. The van der Waals surface area contributed by atoms with Gasteiger partial charge in [0.1, 0.15) is 0 Å². The Balaban J connectivity index is 0.000000132. The molecule has 1 saturated heterocycles. The third-order valence-electron chi connectivity index (χ3n) is 9.97. The molecular weight excluding hydrogens is 947 g/mol. The van der Waals surface area contributed by atoms with Crippen LogP contribution in [0.3, 0.4) is 0 Å². The Labute approximate surface area is 399 Å². The van der Waals surface area contributed by atoms with Crippen LogP contribution in [0.1, 0.15) is 45.4 Å². The number of esters is 1. The number of piperidine rings is 1. The smallest absolute Gasteiger partial charge is 0.316 e. The fourth-order valence-electron chi connectivity index (χ4n) is 7.22. The maximum Gasteiger partial charge on any atom is 0.316 e. The molecule has 2 atom stereocenters. The summed E-state index contributed by atoms with van der Waals surface area (Å²) in [4.78, 5) is 52.9. The van der Waals surface area contributed by atoms with E-state index < -0.39 is 5.97 Å². The van der Waals surface area contributed by atoms with Crippen molar-refractivity contribution >= 4 is 152 Å². The molecule has 1 aliphatic carbocycles. The number of amides is 1. The van der Waals surface area contributed by atoms with Crippen LogP contribution in [-0.4, -0.2) is 84.2 Å². The molecule has 0 spiro atoms. The van der Waals surface area contributed by atoms with Gasteiger partial charge in [-0.05, 0) is 99.3 Å². The number of aromatic nitrogens is 4. The number of carboxylic acids is 1. The van der Waals surface area contributed by atoms with E-state index in [1.165, 1.54) is 82.8 Å². The number of rotatable bonds is 10. The van der Waals surface area contributed by atoms with Gasteiger partial charge in [-0.1, -0.05) is 96.7 Å². The molecule has 4 aromatic carbocycles. The Kier molecular flexibility index (Phi) is 17.8. The molecule has 0 radical (unpaired) electrons.